The second-order valence-electron chi connectivity index (χ2n) is 9.90. The van der Waals surface area contributed by atoms with Crippen LogP contribution in [0.3, 0.4) is 0 Å². The van der Waals surface area contributed by atoms with Gasteiger partial charge >= 0.3 is 0 Å². The van der Waals surface area contributed by atoms with Crippen molar-refractivity contribution in [3.05, 3.63) is 63.6 Å². The second kappa shape index (κ2) is 13.6. The summed E-state index contributed by atoms with van der Waals surface area (Å²) >= 11 is 12.5. The van der Waals surface area contributed by atoms with Crippen molar-refractivity contribution in [2.45, 2.75) is 32.0 Å². The lowest BCUT2D eigenvalue weighted by molar-refractivity contribution is -0.146. The summed E-state index contributed by atoms with van der Waals surface area (Å²) in [6.07, 6.45) is 0.356. The minimum Gasteiger partial charge on any atom is -0.383 e. The predicted octanol–water partition coefficient (Wildman–Crippen LogP) is 2.81. The first-order valence-corrected chi connectivity index (χ1v) is 13.9. The smallest absolute Gasteiger partial charge is 0.245 e. The summed E-state index contributed by atoms with van der Waals surface area (Å²) in [5, 5.41) is 7.66. The number of amides is 2. The highest BCUT2D eigenvalue weighted by atomic mass is 35.5. The van der Waals surface area contributed by atoms with Crippen LogP contribution in [0.2, 0.25) is 10.0 Å². The number of rotatable bonds is 10. The molecule has 8 nitrogen and oxygen atoms in total. The maximum absolute atomic E-state index is 13.9. The molecule has 2 heterocycles. The van der Waals surface area contributed by atoms with Crippen LogP contribution in [0.25, 0.3) is 0 Å². The van der Waals surface area contributed by atoms with E-state index in [1.807, 2.05) is 11.0 Å². The zero-order chi connectivity index (χ0) is 27.1. The van der Waals surface area contributed by atoms with Crippen LogP contribution in [-0.2, 0) is 27.3 Å². The van der Waals surface area contributed by atoms with Crippen molar-refractivity contribution in [3.63, 3.8) is 0 Å². The number of halogens is 2. The number of hydrogen-bond donors (Lipinski definition) is 2. The lowest BCUT2D eigenvalue weighted by atomic mass is 10.0. The molecule has 206 valence electrons. The third kappa shape index (κ3) is 7.18. The zero-order valence-corrected chi connectivity index (χ0v) is 23.6. The molecule has 0 saturated carbocycles. The van der Waals surface area contributed by atoms with Gasteiger partial charge in [0.2, 0.25) is 11.8 Å². The van der Waals surface area contributed by atoms with Crippen LogP contribution in [0.15, 0.2) is 42.5 Å². The van der Waals surface area contributed by atoms with Crippen molar-refractivity contribution < 1.29 is 14.3 Å². The Labute approximate surface area is 235 Å². The Morgan fingerprint density at radius 1 is 1.08 bits per heavy atom. The van der Waals surface area contributed by atoms with E-state index in [4.69, 9.17) is 27.9 Å². The number of hydrogen-bond acceptors (Lipinski definition) is 6. The maximum Gasteiger partial charge on any atom is 0.245 e. The summed E-state index contributed by atoms with van der Waals surface area (Å²) < 4.78 is 5.24. The number of carbonyl (C=O) groups excluding carboxylic acids is 2. The van der Waals surface area contributed by atoms with E-state index in [9.17, 15) is 9.59 Å². The largest absolute Gasteiger partial charge is 0.383 e. The number of piperazine rings is 2. The Hall–Kier alpha value is -2.36. The van der Waals surface area contributed by atoms with Gasteiger partial charge in [-0.05, 0) is 36.2 Å². The fourth-order valence-electron chi connectivity index (χ4n) is 5.12. The predicted molar refractivity (Wildman–Crippen MR) is 152 cm³/mol. The molecule has 0 bridgehead atoms. The van der Waals surface area contributed by atoms with Crippen molar-refractivity contribution in [2.75, 3.05) is 64.4 Å². The standard InChI is InChI=1S/C28H37Cl2N5O3/c1-20(19-38-2)32-17-22-5-3-4-6-25(22)33-11-13-34(14-12-33)28(37)26(35-10-9-31-18-27(35)36)15-21-7-8-23(29)16-24(21)30/h3-8,16,20,26,31-32H,9-15,17-19H2,1-2H3. The van der Waals surface area contributed by atoms with Gasteiger partial charge in [-0.1, -0.05) is 47.5 Å². The molecule has 2 aliphatic heterocycles. The van der Waals surface area contributed by atoms with Crippen LogP contribution < -0.4 is 15.5 Å². The Balaban J connectivity index is 1.45. The Morgan fingerprint density at radius 2 is 1.84 bits per heavy atom. The number of anilines is 1. The summed E-state index contributed by atoms with van der Waals surface area (Å²) in [6, 6.07) is 13.3. The molecule has 0 spiro atoms. The van der Waals surface area contributed by atoms with Crippen molar-refractivity contribution in [3.8, 4) is 0 Å². The highest BCUT2D eigenvalue weighted by Gasteiger charge is 2.36. The molecular weight excluding hydrogens is 525 g/mol. The molecule has 2 unspecified atom stereocenters. The summed E-state index contributed by atoms with van der Waals surface area (Å²) in [4.78, 5) is 32.6. The van der Waals surface area contributed by atoms with Crippen LogP contribution in [0, 0.1) is 0 Å². The van der Waals surface area contributed by atoms with Crippen molar-refractivity contribution in [1.82, 2.24) is 20.4 Å². The Morgan fingerprint density at radius 3 is 2.55 bits per heavy atom. The fraction of sp³-hybridized carbons (Fsp3) is 0.500. The normalized spacial score (nSPS) is 18.0. The van der Waals surface area contributed by atoms with E-state index in [0.717, 1.165) is 25.2 Å². The molecular formula is C28H37Cl2N5O3. The van der Waals surface area contributed by atoms with E-state index in [2.05, 4.69) is 46.7 Å². The molecule has 2 atom stereocenters. The maximum atomic E-state index is 13.9. The van der Waals surface area contributed by atoms with Gasteiger partial charge in [-0.25, -0.2) is 0 Å². The number of para-hydroxylation sites is 1. The number of ether oxygens (including phenoxy) is 1. The molecule has 2 fully saturated rings. The molecule has 2 amide bonds. The minimum absolute atomic E-state index is 0.0331. The van der Waals surface area contributed by atoms with Gasteiger partial charge in [0.25, 0.3) is 0 Å². The first-order chi connectivity index (χ1) is 18.4. The second-order valence-corrected chi connectivity index (χ2v) is 10.7. The van der Waals surface area contributed by atoms with Gasteiger partial charge in [-0.15, -0.1) is 0 Å². The van der Waals surface area contributed by atoms with Gasteiger partial charge in [0, 0.05) is 81.1 Å². The van der Waals surface area contributed by atoms with Crippen LogP contribution in [0.4, 0.5) is 5.69 Å². The molecule has 2 N–H and O–H groups in total. The van der Waals surface area contributed by atoms with Gasteiger partial charge < -0.3 is 30.1 Å². The molecule has 2 aromatic carbocycles. The Kier molecular flexibility index (Phi) is 10.3. The molecule has 2 saturated heterocycles. The first kappa shape index (κ1) is 28.6. The molecule has 38 heavy (non-hydrogen) atoms. The van der Waals surface area contributed by atoms with E-state index in [-0.39, 0.29) is 24.4 Å². The summed E-state index contributed by atoms with van der Waals surface area (Å²) in [7, 11) is 1.71. The third-order valence-electron chi connectivity index (χ3n) is 7.20. The molecule has 2 aliphatic rings. The lowest BCUT2D eigenvalue weighted by Gasteiger charge is -2.41. The fourth-order valence-corrected chi connectivity index (χ4v) is 5.60. The van der Waals surface area contributed by atoms with Crippen LogP contribution in [0.1, 0.15) is 18.1 Å². The van der Waals surface area contributed by atoms with Gasteiger partial charge in [0.15, 0.2) is 0 Å². The molecule has 4 rings (SSSR count). The highest BCUT2D eigenvalue weighted by Crippen LogP contribution is 2.26. The summed E-state index contributed by atoms with van der Waals surface area (Å²) in [6.45, 7) is 7.51. The van der Waals surface area contributed by atoms with E-state index in [0.29, 0.717) is 49.3 Å². The van der Waals surface area contributed by atoms with Crippen LogP contribution in [0.5, 0.6) is 0 Å². The van der Waals surface area contributed by atoms with E-state index in [1.54, 1.807) is 24.1 Å². The monoisotopic (exact) mass is 561 g/mol. The topological polar surface area (TPSA) is 77.2 Å². The van der Waals surface area contributed by atoms with E-state index >= 15 is 0 Å². The lowest BCUT2D eigenvalue weighted by Crippen LogP contribution is -2.60. The number of nitrogens with zero attached hydrogens (tertiary/aromatic N) is 3. The minimum atomic E-state index is -0.603. The average molecular weight is 563 g/mol. The summed E-state index contributed by atoms with van der Waals surface area (Å²) in [5.41, 5.74) is 3.21. The van der Waals surface area contributed by atoms with E-state index in [1.165, 1.54) is 11.3 Å². The van der Waals surface area contributed by atoms with Gasteiger partial charge in [-0.3, -0.25) is 9.59 Å². The van der Waals surface area contributed by atoms with E-state index < -0.39 is 6.04 Å². The van der Waals surface area contributed by atoms with Gasteiger partial charge in [0.1, 0.15) is 6.04 Å². The van der Waals surface area contributed by atoms with Crippen LogP contribution >= 0.6 is 23.2 Å². The third-order valence-corrected chi connectivity index (χ3v) is 7.78. The van der Waals surface area contributed by atoms with Gasteiger partial charge in [-0.2, -0.15) is 0 Å². The van der Waals surface area contributed by atoms with Gasteiger partial charge in [0.05, 0.1) is 13.2 Å². The number of carbonyl (C=O) groups is 2. The van der Waals surface area contributed by atoms with Crippen molar-refractivity contribution >= 4 is 40.7 Å². The molecule has 0 aliphatic carbocycles. The molecule has 0 radical (unpaired) electrons. The molecule has 0 aromatic heterocycles. The number of benzene rings is 2. The number of methoxy groups -OCH3 is 1. The summed E-state index contributed by atoms with van der Waals surface area (Å²) in [5.74, 6) is -0.100. The molecule has 2 aromatic rings. The van der Waals surface area contributed by atoms with Crippen LogP contribution in [-0.4, -0.2) is 93.2 Å². The first-order valence-electron chi connectivity index (χ1n) is 13.2. The number of nitrogens with one attached hydrogen (secondary N) is 2. The Bertz CT molecular complexity index is 1110. The quantitative estimate of drug-likeness (QED) is 0.464. The van der Waals surface area contributed by atoms with Crippen molar-refractivity contribution in [2.24, 2.45) is 0 Å². The zero-order valence-electron chi connectivity index (χ0n) is 22.1. The van der Waals surface area contributed by atoms with Crippen molar-refractivity contribution in [1.29, 1.82) is 0 Å². The average Bonchev–Trinajstić information content (AvgIpc) is 2.92. The SMILES string of the molecule is COCC(C)NCc1ccccc1N1CCN(C(=O)C(Cc2ccc(Cl)cc2Cl)N2CCNCC2=O)CC1. The molecule has 10 heteroatoms. The highest BCUT2D eigenvalue weighted by molar-refractivity contribution is 6.35.